The molecule has 0 bridgehead atoms. The fourth-order valence-electron chi connectivity index (χ4n) is 3.34. The van der Waals surface area contributed by atoms with Gasteiger partial charge in [0.1, 0.15) is 5.69 Å². The molecule has 0 spiro atoms. The Kier molecular flexibility index (Phi) is 6.54. The lowest BCUT2D eigenvalue weighted by molar-refractivity contribution is 0.0949. The number of piperidine rings is 1. The third-order valence-electron chi connectivity index (χ3n) is 4.85. The summed E-state index contributed by atoms with van der Waals surface area (Å²) in [5.41, 5.74) is 5.58. The van der Waals surface area contributed by atoms with Crippen molar-refractivity contribution in [1.29, 1.82) is 0 Å². The molecule has 1 aliphatic rings. The van der Waals surface area contributed by atoms with E-state index in [2.05, 4.69) is 63.7 Å². The van der Waals surface area contributed by atoms with Crippen LogP contribution in [0.5, 0.6) is 0 Å². The monoisotopic (exact) mass is 365 g/mol. The van der Waals surface area contributed by atoms with Crippen LogP contribution in [0.4, 0.5) is 5.69 Å². The fraction of sp³-hybridized carbons (Fsp3) is 0.381. The van der Waals surface area contributed by atoms with Crippen molar-refractivity contribution in [3.05, 3.63) is 59.9 Å². The number of hydrogen-bond acceptors (Lipinski definition) is 5. The van der Waals surface area contributed by atoms with E-state index in [1.807, 2.05) is 6.21 Å². The van der Waals surface area contributed by atoms with E-state index >= 15 is 0 Å². The Balaban J connectivity index is 1.46. The Morgan fingerprint density at radius 2 is 1.96 bits per heavy atom. The van der Waals surface area contributed by atoms with E-state index in [0.717, 1.165) is 32.5 Å². The largest absolute Gasteiger partial charge is 0.377 e. The van der Waals surface area contributed by atoms with Gasteiger partial charge in [-0.15, -0.1) is 0 Å². The lowest BCUT2D eigenvalue weighted by atomic mass is 9.97. The van der Waals surface area contributed by atoms with Crippen LogP contribution in [-0.2, 0) is 6.54 Å². The molecule has 0 unspecified atom stereocenters. The molecule has 0 aliphatic carbocycles. The fourth-order valence-corrected chi connectivity index (χ4v) is 3.34. The van der Waals surface area contributed by atoms with Gasteiger partial charge in [-0.05, 0) is 55.6 Å². The summed E-state index contributed by atoms with van der Waals surface area (Å²) in [6.07, 6.45) is 5.56. The van der Waals surface area contributed by atoms with E-state index in [0.29, 0.717) is 11.6 Å². The van der Waals surface area contributed by atoms with Crippen LogP contribution in [0.15, 0.2) is 53.8 Å². The quantitative estimate of drug-likeness (QED) is 0.632. The molecule has 2 aromatic rings. The van der Waals surface area contributed by atoms with E-state index < -0.39 is 0 Å². The number of hydrazone groups is 1. The molecule has 27 heavy (non-hydrogen) atoms. The molecule has 1 saturated heterocycles. The maximum atomic E-state index is 11.9. The van der Waals surface area contributed by atoms with Crippen LogP contribution < -0.4 is 10.3 Å². The second kappa shape index (κ2) is 9.28. The van der Waals surface area contributed by atoms with Gasteiger partial charge in [0.15, 0.2) is 0 Å². The minimum atomic E-state index is -0.274. The zero-order valence-electron chi connectivity index (χ0n) is 16.0. The third kappa shape index (κ3) is 5.37. The summed E-state index contributed by atoms with van der Waals surface area (Å²) in [5.74, 6) is 0.124. The summed E-state index contributed by atoms with van der Waals surface area (Å²) >= 11 is 0. The van der Waals surface area contributed by atoms with Gasteiger partial charge < -0.3 is 4.90 Å². The van der Waals surface area contributed by atoms with E-state index in [1.54, 1.807) is 24.4 Å². The number of benzene rings is 1. The smallest absolute Gasteiger partial charge is 0.289 e. The molecule has 142 valence electrons. The van der Waals surface area contributed by atoms with Crippen LogP contribution in [-0.4, -0.2) is 49.2 Å². The number of para-hydroxylation sites is 1. The van der Waals surface area contributed by atoms with Crippen LogP contribution in [0, 0.1) is 5.92 Å². The maximum Gasteiger partial charge on any atom is 0.289 e. The molecule has 1 N–H and O–H groups in total. The Morgan fingerprint density at radius 1 is 1.22 bits per heavy atom. The lowest BCUT2D eigenvalue weighted by Gasteiger charge is -2.31. The first-order valence-electron chi connectivity index (χ1n) is 9.35. The highest BCUT2D eigenvalue weighted by Crippen LogP contribution is 2.23. The highest BCUT2D eigenvalue weighted by Gasteiger charge is 2.19. The number of carbonyl (C=O) groups is 1. The van der Waals surface area contributed by atoms with Crippen molar-refractivity contribution in [2.24, 2.45) is 11.0 Å². The predicted octanol–water partition coefficient (Wildman–Crippen LogP) is 2.78. The van der Waals surface area contributed by atoms with E-state index in [-0.39, 0.29) is 5.91 Å². The lowest BCUT2D eigenvalue weighted by Crippen LogP contribution is -2.34. The second-order valence-corrected chi connectivity index (χ2v) is 7.07. The average molecular weight is 365 g/mol. The molecule has 1 aromatic heterocycles. The SMILES string of the molecule is CN(C)c1ccccc1CN1CCC(/C=N/NC(=O)c2ccccn2)CC1. The number of nitrogens with zero attached hydrogens (tertiary/aromatic N) is 4. The normalized spacial score (nSPS) is 15.8. The van der Waals surface area contributed by atoms with Gasteiger partial charge in [-0.1, -0.05) is 24.3 Å². The standard InChI is InChI=1S/C21H27N5O/c1-25(2)20-9-4-3-7-18(20)16-26-13-10-17(11-14-26)15-23-24-21(27)19-8-5-6-12-22-19/h3-9,12,15,17H,10-11,13-14,16H2,1-2H3,(H,24,27)/b23-15+. The first kappa shape index (κ1) is 19.0. The first-order valence-corrected chi connectivity index (χ1v) is 9.35. The summed E-state index contributed by atoms with van der Waals surface area (Å²) in [6.45, 7) is 3.04. The molecule has 0 saturated carbocycles. The molecule has 1 aromatic carbocycles. The first-order chi connectivity index (χ1) is 13.1. The Hall–Kier alpha value is -2.73. The van der Waals surface area contributed by atoms with E-state index in [1.165, 1.54) is 11.3 Å². The number of aromatic nitrogens is 1. The van der Waals surface area contributed by atoms with Crippen molar-refractivity contribution in [2.75, 3.05) is 32.1 Å². The molecule has 3 rings (SSSR count). The summed E-state index contributed by atoms with van der Waals surface area (Å²) in [4.78, 5) is 20.6. The number of rotatable bonds is 6. The van der Waals surface area contributed by atoms with Crippen molar-refractivity contribution in [1.82, 2.24) is 15.3 Å². The van der Waals surface area contributed by atoms with Gasteiger partial charge in [0.25, 0.3) is 5.91 Å². The van der Waals surface area contributed by atoms with E-state index in [9.17, 15) is 4.79 Å². The number of nitrogens with one attached hydrogen (secondary N) is 1. The molecular weight excluding hydrogens is 338 g/mol. The number of anilines is 1. The number of carbonyl (C=O) groups excluding carboxylic acids is 1. The molecule has 1 fully saturated rings. The summed E-state index contributed by atoms with van der Waals surface area (Å²) in [6, 6.07) is 13.8. The summed E-state index contributed by atoms with van der Waals surface area (Å²) < 4.78 is 0. The van der Waals surface area contributed by atoms with Crippen LogP contribution in [0.1, 0.15) is 28.9 Å². The van der Waals surface area contributed by atoms with Crippen molar-refractivity contribution in [2.45, 2.75) is 19.4 Å². The van der Waals surface area contributed by atoms with Gasteiger partial charge in [0.05, 0.1) is 0 Å². The molecule has 1 amide bonds. The number of pyridine rings is 1. The predicted molar refractivity (Wildman–Crippen MR) is 109 cm³/mol. The van der Waals surface area contributed by atoms with Crippen LogP contribution in [0.25, 0.3) is 0 Å². The van der Waals surface area contributed by atoms with Gasteiger partial charge in [0.2, 0.25) is 0 Å². The Morgan fingerprint density at radius 3 is 2.67 bits per heavy atom. The molecule has 6 nitrogen and oxygen atoms in total. The highest BCUT2D eigenvalue weighted by atomic mass is 16.2. The second-order valence-electron chi connectivity index (χ2n) is 7.07. The highest BCUT2D eigenvalue weighted by molar-refractivity contribution is 5.92. The van der Waals surface area contributed by atoms with Gasteiger partial charge in [0, 0.05) is 38.7 Å². The van der Waals surface area contributed by atoms with Crippen LogP contribution in [0.3, 0.4) is 0 Å². The zero-order chi connectivity index (χ0) is 19.1. The van der Waals surface area contributed by atoms with Gasteiger partial charge >= 0.3 is 0 Å². The Bertz CT molecular complexity index is 767. The average Bonchev–Trinajstić information content (AvgIpc) is 2.70. The van der Waals surface area contributed by atoms with Crippen LogP contribution >= 0.6 is 0 Å². The zero-order valence-corrected chi connectivity index (χ0v) is 16.0. The van der Waals surface area contributed by atoms with Crippen molar-refractivity contribution in [3.8, 4) is 0 Å². The topological polar surface area (TPSA) is 60.8 Å². The van der Waals surface area contributed by atoms with Gasteiger partial charge in [-0.25, -0.2) is 5.43 Å². The molecule has 0 radical (unpaired) electrons. The number of hydrogen-bond donors (Lipinski definition) is 1. The van der Waals surface area contributed by atoms with Crippen molar-refractivity contribution in [3.63, 3.8) is 0 Å². The maximum absolute atomic E-state index is 11.9. The third-order valence-corrected chi connectivity index (χ3v) is 4.85. The molecule has 2 heterocycles. The molecular formula is C21H27N5O. The van der Waals surface area contributed by atoms with Crippen LogP contribution in [0.2, 0.25) is 0 Å². The Labute approximate surface area is 160 Å². The summed E-state index contributed by atoms with van der Waals surface area (Å²) in [5, 5.41) is 4.13. The number of likely N-dealkylation sites (tertiary alicyclic amines) is 1. The molecule has 0 atom stereocenters. The number of amides is 1. The van der Waals surface area contributed by atoms with Gasteiger partial charge in [-0.3, -0.25) is 14.7 Å². The minimum Gasteiger partial charge on any atom is -0.377 e. The van der Waals surface area contributed by atoms with Crippen molar-refractivity contribution < 1.29 is 4.79 Å². The van der Waals surface area contributed by atoms with Gasteiger partial charge in [-0.2, -0.15) is 5.10 Å². The summed E-state index contributed by atoms with van der Waals surface area (Å²) in [7, 11) is 4.17. The molecule has 6 heteroatoms. The van der Waals surface area contributed by atoms with E-state index in [4.69, 9.17) is 0 Å². The van der Waals surface area contributed by atoms with Crippen molar-refractivity contribution >= 4 is 17.8 Å². The molecule has 1 aliphatic heterocycles. The minimum absolute atomic E-state index is 0.274.